The maximum atomic E-state index is 2.42. The standard InChI is InChI=1S/2C16H20/c2*1-13-9-15(12-16(2,3)11-13)10-14-7-5-4-6-8-14/h4-9,12H,10-11H2,1-3H3;4-10H,11-12H2,1-3H3/b;15-10-. The van der Waals surface area contributed by atoms with Crippen LogP contribution in [0.4, 0.5) is 0 Å². The molecule has 0 fully saturated rings. The molecule has 2 aromatic carbocycles. The molecule has 0 aromatic heterocycles. The number of hydrogen-bond acceptors (Lipinski definition) is 0. The molecule has 0 aliphatic heterocycles. The Labute approximate surface area is 196 Å². The van der Waals surface area contributed by atoms with Gasteiger partial charge in [0.05, 0.1) is 0 Å². The van der Waals surface area contributed by atoms with E-state index in [1.165, 1.54) is 52.7 Å². The highest BCUT2D eigenvalue weighted by Gasteiger charge is 2.23. The van der Waals surface area contributed by atoms with Crippen molar-refractivity contribution in [3.63, 3.8) is 0 Å². The van der Waals surface area contributed by atoms with Crippen molar-refractivity contribution in [3.8, 4) is 0 Å². The number of allylic oxidation sites excluding steroid dienone is 7. The summed E-state index contributed by atoms with van der Waals surface area (Å²) in [5, 5.41) is 0. The van der Waals surface area contributed by atoms with Gasteiger partial charge in [0, 0.05) is 0 Å². The van der Waals surface area contributed by atoms with E-state index in [-0.39, 0.29) is 0 Å². The van der Waals surface area contributed by atoms with Gasteiger partial charge in [-0.15, -0.1) is 0 Å². The van der Waals surface area contributed by atoms with Gasteiger partial charge in [-0.05, 0) is 72.6 Å². The van der Waals surface area contributed by atoms with Gasteiger partial charge in [0.15, 0.2) is 0 Å². The molecule has 0 bridgehead atoms. The molecular weight excluding hydrogens is 384 g/mol. The zero-order valence-electron chi connectivity index (χ0n) is 20.9. The van der Waals surface area contributed by atoms with E-state index in [2.05, 4.69) is 127 Å². The fraction of sp³-hybridized carbons (Fsp3) is 0.375. The molecule has 0 amide bonds. The Morgan fingerprint density at radius 2 is 1.31 bits per heavy atom. The average Bonchev–Trinajstić information content (AvgIpc) is 2.67. The van der Waals surface area contributed by atoms with Crippen molar-refractivity contribution < 1.29 is 0 Å². The monoisotopic (exact) mass is 424 g/mol. The minimum atomic E-state index is 0.322. The van der Waals surface area contributed by atoms with E-state index >= 15 is 0 Å². The zero-order chi connectivity index (χ0) is 23.2. The molecule has 2 aliphatic carbocycles. The zero-order valence-corrected chi connectivity index (χ0v) is 20.9. The van der Waals surface area contributed by atoms with Crippen LogP contribution < -0.4 is 0 Å². The van der Waals surface area contributed by atoms with Gasteiger partial charge in [-0.3, -0.25) is 0 Å². The minimum absolute atomic E-state index is 0.322. The van der Waals surface area contributed by atoms with Crippen LogP contribution in [0.15, 0.2) is 101 Å². The molecule has 0 N–H and O–H groups in total. The van der Waals surface area contributed by atoms with Crippen LogP contribution in [0.3, 0.4) is 0 Å². The summed E-state index contributed by atoms with van der Waals surface area (Å²) in [6, 6.07) is 21.3. The molecule has 0 radical (unpaired) electrons. The summed E-state index contributed by atoms with van der Waals surface area (Å²) in [4.78, 5) is 0. The van der Waals surface area contributed by atoms with E-state index in [1.54, 1.807) is 0 Å². The second kappa shape index (κ2) is 10.3. The second-order valence-electron chi connectivity index (χ2n) is 11.2. The fourth-order valence-corrected chi connectivity index (χ4v) is 5.26. The first-order chi connectivity index (χ1) is 15.1. The summed E-state index contributed by atoms with van der Waals surface area (Å²) in [6.45, 7) is 13.8. The van der Waals surface area contributed by atoms with E-state index in [0.29, 0.717) is 10.8 Å². The Morgan fingerprint density at radius 1 is 0.719 bits per heavy atom. The van der Waals surface area contributed by atoms with Crippen molar-refractivity contribution in [2.75, 3.05) is 0 Å². The molecule has 0 heterocycles. The number of hydrogen-bond donors (Lipinski definition) is 0. The van der Waals surface area contributed by atoms with E-state index in [0.717, 1.165) is 6.42 Å². The molecule has 0 unspecified atom stereocenters. The van der Waals surface area contributed by atoms with Gasteiger partial charge in [0.25, 0.3) is 0 Å². The Hall–Kier alpha value is -2.60. The molecule has 2 aromatic rings. The third kappa shape index (κ3) is 7.83. The predicted molar refractivity (Wildman–Crippen MR) is 142 cm³/mol. The number of rotatable bonds is 3. The van der Waals surface area contributed by atoms with E-state index < -0.39 is 0 Å². The van der Waals surface area contributed by atoms with Crippen LogP contribution in [0, 0.1) is 10.8 Å². The second-order valence-corrected chi connectivity index (χ2v) is 11.2. The summed E-state index contributed by atoms with van der Waals surface area (Å²) < 4.78 is 0. The highest BCUT2D eigenvalue weighted by molar-refractivity contribution is 5.57. The van der Waals surface area contributed by atoms with Crippen molar-refractivity contribution >= 4 is 6.08 Å². The SMILES string of the molecule is CC1=C/C(=C/c2ccccc2)CC(C)(C)C1.CC1=CC(Cc2ccccc2)=CC(C)(C)C1. The van der Waals surface area contributed by atoms with Gasteiger partial charge >= 0.3 is 0 Å². The van der Waals surface area contributed by atoms with Crippen molar-refractivity contribution in [1.82, 2.24) is 0 Å². The van der Waals surface area contributed by atoms with Crippen LogP contribution in [0.2, 0.25) is 0 Å². The molecule has 32 heavy (non-hydrogen) atoms. The Morgan fingerprint density at radius 3 is 1.91 bits per heavy atom. The molecule has 0 nitrogen and oxygen atoms in total. The van der Waals surface area contributed by atoms with E-state index in [9.17, 15) is 0 Å². The van der Waals surface area contributed by atoms with Gasteiger partial charge < -0.3 is 0 Å². The maximum Gasteiger partial charge on any atom is -0.00287 e. The lowest BCUT2D eigenvalue weighted by Crippen LogP contribution is -2.16. The van der Waals surface area contributed by atoms with Crippen molar-refractivity contribution in [2.45, 2.75) is 67.2 Å². The smallest absolute Gasteiger partial charge is 0.00287 e. The summed E-state index contributed by atoms with van der Waals surface area (Å²) in [5.41, 5.74) is 9.36. The van der Waals surface area contributed by atoms with E-state index in [1.807, 2.05) is 0 Å². The van der Waals surface area contributed by atoms with Gasteiger partial charge in [0.2, 0.25) is 0 Å². The molecule has 168 valence electrons. The lowest BCUT2D eigenvalue weighted by Gasteiger charge is -2.30. The summed E-state index contributed by atoms with van der Waals surface area (Å²) in [5.74, 6) is 0. The van der Waals surface area contributed by atoms with Crippen LogP contribution in [-0.2, 0) is 6.42 Å². The Balaban J connectivity index is 0.000000181. The summed E-state index contributed by atoms with van der Waals surface area (Å²) in [7, 11) is 0. The fourth-order valence-electron chi connectivity index (χ4n) is 5.26. The van der Waals surface area contributed by atoms with Gasteiger partial charge in [-0.2, -0.15) is 0 Å². The van der Waals surface area contributed by atoms with Gasteiger partial charge in [-0.25, -0.2) is 0 Å². The third-order valence-electron chi connectivity index (χ3n) is 6.02. The highest BCUT2D eigenvalue weighted by atomic mass is 14.3. The lowest BCUT2D eigenvalue weighted by molar-refractivity contribution is 0.352. The third-order valence-corrected chi connectivity index (χ3v) is 6.02. The van der Waals surface area contributed by atoms with Crippen LogP contribution in [0.1, 0.15) is 71.9 Å². The van der Waals surface area contributed by atoms with Crippen molar-refractivity contribution in [3.05, 3.63) is 112 Å². The van der Waals surface area contributed by atoms with E-state index in [4.69, 9.17) is 0 Å². The molecule has 4 rings (SSSR count). The maximum absolute atomic E-state index is 2.42. The van der Waals surface area contributed by atoms with Crippen molar-refractivity contribution in [1.29, 1.82) is 0 Å². The molecule has 0 heteroatoms. The molecule has 0 saturated heterocycles. The molecule has 2 aliphatic rings. The average molecular weight is 425 g/mol. The topological polar surface area (TPSA) is 0 Å². The predicted octanol–water partition coefficient (Wildman–Crippen LogP) is 9.37. The summed E-state index contributed by atoms with van der Waals surface area (Å²) >= 11 is 0. The first kappa shape index (κ1) is 24.1. The van der Waals surface area contributed by atoms with Crippen molar-refractivity contribution in [2.24, 2.45) is 10.8 Å². The van der Waals surface area contributed by atoms with Crippen LogP contribution in [0.5, 0.6) is 0 Å². The molecule has 0 spiro atoms. The highest BCUT2D eigenvalue weighted by Crippen LogP contribution is 2.38. The minimum Gasteiger partial charge on any atom is -0.0750 e. The largest absolute Gasteiger partial charge is 0.0750 e. The first-order valence-corrected chi connectivity index (χ1v) is 12.0. The molecular formula is C32H40. The first-order valence-electron chi connectivity index (χ1n) is 12.0. The lowest BCUT2D eigenvalue weighted by atomic mass is 9.75. The van der Waals surface area contributed by atoms with Crippen LogP contribution in [0.25, 0.3) is 6.08 Å². The molecule has 0 atom stereocenters. The van der Waals surface area contributed by atoms with Crippen LogP contribution in [-0.4, -0.2) is 0 Å². The van der Waals surface area contributed by atoms with Gasteiger partial charge in [-0.1, -0.05) is 124 Å². The number of benzene rings is 2. The normalized spacial score (nSPS) is 20.4. The van der Waals surface area contributed by atoms with Crippen LogP contribution >= 0.6 is 0 Å². The Bertz CT molecular complexity index is 1010. The molecule has 0 saturated carbocycles. The van der Waals surface area contributed by atoms with Gasteiger partial charge in [0.1, 0.15) is 0 Å². The quantitative estimate of drug-likeness (QED) is 0.460. The Kier molecular flexibility index (Phi) is 7.77. The summed E-state index contributed by atoms with van der Waals surface area (Å²) in [6.07, 6.45) is 14.1.